The van der Waals surface area contributed by atoms with Crippen LogP contribution in [0.4, 0.5) is 0 Å². The van der Waals surface area contributed by atoms with Crippen LogP contribution in [0.15, 0.2) is 59.4 Å². The molecule has 1 aliphatic rings. The molecule has 1 aliphatic heterocycles. The van der Waals surface area contributed by atoms with Crippen LogP contribution >= 0.6 is 12.2 Å². The van der Waals surface area contributed by atoms with Gasteiger partial charge in [-0.2, -0.15) is 0 Å². The lowest BCUT2D eigenvalue weighted by atomic mass is 9.98. The van der Waals surface area contributed by atoms with Crippen LogP contribution in [0, 0.1) is 4.77 Å². The molecule has 0 fully saturated rings. The van der Waals surface area contributed by atoms with Crippen LogP contribution in [0.2, 0.25) is 0 Å². The third-order valence-corrected chi connectivity index (χ3v) is 5.52. The molecular weight excluding hydrogens is 412 g/mol. The fourth-order valence-electron chi connectivity index (χ4n) is 3.85. The van der Waals surface area contributed by atoms with Crippen molar-refractivity contribution in [2.75, 3.05) is 14.2 Å². The third-order valence-electron chi connectivity index (χ3n) is 5.16. The molecule has 0 radical (unpaired) electrons. The lowest BCUT2D eigenvalue weighted by Gasteiger charge is -2.32. The second-order valence-electron chi connectivity index (χ2n) is 7.87. The van der Waals surface area contributed by atoms with Gasteiger partial charge in [0, 0.05) is 12.1 Å². The zero-order valence-electron chi connectivity index (χ0n) is 18.1. The third kappa shape index (κ3) is 3.65. The molecule has 0 atom stereocenters. The Morgan fingerprint density at radius 3 is 2.03 bits per heavy atom. The predicted octanol–water partition coefficient (Wildman–Crippen LogP) is 4.95. The summed E-state index contributed by atoms with van der Waals surface area (Å²) in [7, 11) is 3.19. The van der Waals surface area contributed by atoms with Crippen molar-refractivity contribution < 1.29 is 14.2 Å². The second-order valence-corrected chi connectivity index (χ2v) is 8.24. The quantitative estimate of drug-likeness (QED) is 0.542. The van der Waals surface area contributed by atoms with E-state index in [-0.39, 0.29) is 10.3 Å². The van der Waals surface area contributed by atoms with Gasteiger partial charge in [0.25, 0.3) is 5.56 Å². The van der Waals surface area contributed by atoms with Gasteiger partial charge in [-0.3, -0.25) is 13.9 Å². The molecule has 6 nitrogen and oxygen atoms in total. The number of fused-ring (bicyclic) bond motifs is 1. The Morgan fingerprint density at radius 2 is 1.48 bits per heavy atom. The van der Waals surface area contributed by atoms with Gasteiger partial charge in [-0.1, -0.05) is 12.1 Å². The summed E-state index contributed by atoms with van der Waals surface area (Å²) in [5, 5.41) is 0. The number of methoxy groups -OCH3 is 2. The first-order chi connectivity index (χ1) is 14.8. The van der Waals surface area contributed by atoms with Crippen molar-refractivity contribution in [2.24, 2.45) is 0 Å². The monoisotopic (exact) mass is 436 g/mol. The number of nitrogens with zero attached hydrogens (tertiary/aromatic N) is 2. The molecule has 0 spiro atoms. The number of ether oxygens (including phenoxy) is 3. The number of allylic oxidation sites excluding steroid dienone is 1. The molecule has 160 valence electrons. The maximum Gasteiger partial charge on any atom is 0.270 e. The summed E-state index contributed by atoms with van der Waals surface area (Å²) in [6.07, 6.45) is 1.95. The first-order valence-electron chi connectivity index (χ1n) is 9.85. The SMILES string of the molecule is COc1cccc(-n2c3c(c(=O)n(-c4cccc(OC)c4)c2=S)C(C)=CC(C)(C)O3)c1. The first kappa shape index (κ1) is 20.9. The lowest BCUT2D eigenvalue weighted by Crippen LogP contribution is -2.36. The number of benzene rings is 2. The van der Waals surface area contributed by atoms with E-state index in [2.05, 4.69) is 0 Å². The van der Waals surface area contributed by atoms with Crippen molar-refractivity contribution in [3.8, 4) is 28.8 Å². The number of aromatic nitrogens is 2. The highest BCUT2D eigenvalue weighted by molar-refractivity contribution is 7.71. The average molecular weight is 437 g/mol. The highest BCUT2D eigenvalue weighted by atomic mass is 32.1. The van der Waals surface area contributed by atoms with Gasteiger partial charge < -0.3 is 14.2 Å². The Hall–Kier alpha value is -3.32. The van der Waals surface area contributed by atoms with Gasteiger partial charge in [-0.25, -0.2) is 0 Å². The number of hydrogen-bond donors (Lipinski definition) is 0. The molecule has 2 heterocycles. The van der Waals surface area contributed by atoms with Crippen LogP contribution in [-0.2, 0) is 0 Å². The Kier molecular flexibility index (Phi) is 5.23. The van der Waals surface area contributed by atoms with Crippen LogP contribution in [0.1, 0.15) is 26.3 Å². The molecule has 1 aromatic heterocycles. The van der Waals surface area contributed by atoms with Gasteiger partial charge in [-0.15, -0.1) is 0 Å². The molecule has 0 saturated carbocycles. The molecule has 2 aromatic carbocycles. The van der Waals surface area contributed by atoms with Gasteiger partial charge >= 0.3 is 0 Å². The van der Waals surface area contributed by atoms with Gasteiger partial charge in [0.05, 0.1) is 25.6 Å². The van der Waals surface area contributed by atoms with Gasteiger partial charge in [-0.05, 0) is 68.9 Å². The fourth-order valence-corrected chi connectivity index (χ4v) is 4.23. The smallest absolute Gasteiger partial charge is 0.270 e. The normalized spacial score (nSPS) is 14.3. The maximum atomic E-state index is 13.7. The van der Waals surface area contributed by atoms with E-state index in [0.29, 0.717) is 28.6 Å². The topological polar surface area (TPSA) is 54.6 Å². The van der Waals surface area contributed by atoms with Crippen LogP contribution in [0.3, 0.4) is 0 Å². The molecule has 4 rings (SSSR count). The Morgan fingerprint density at radius 1 is 0.935 bits per heavy atom. The summed E-state index contributed by atoms with van der Waals surface area (Å²) in [6.45, 7) is 5.82. The van der Waals surface area contributed by atoms with Crippen LogP contribution in [-0.4, -0.2) is 29.0 Å². The molecule has 0 saturated heterocycles. The zero-order chi connectivity index (χ0) is 22.3. The van der Waals surface area contributed by atoms with Crippen molar-refractivity contribution in [2.45, 2.75) is 26.4 Å². The van der Waals surface area contributed by atoms with E-state index in [1.807, 2.05) is 69.3 Å². The van der Waals surface area contributed by atoms with Gasteiger partial charge in [0.1, 0.15) is 22.7 Å². The Bertz CT molecular complexity index is 1320. The predicted molar refractivity (Wildman–Crippen MR) is 124 cm³/mol. The summed E-state index contributed by atoms with van der Waals surface area (Å²) in [5.74, 6) is 1.73. The summed E-state index contributed by atoms with van der Waals surface area (Å²) in [6, 6.07) is 14.8. The average Bonchev–Trinajstić information content (AvgIpc) is 2.72. The van der Waals surface area contributed by atoms with E-state index in [1.165, 1.54) is 4.57 Å². The summed E-state index contributed by atoms with van der Waals surface area (Å²) in [5.41, 5.74) is 1.83. The number of hydrogen-bond acceptors (Lipinski definition) is 5. The zero-order valence-corrected chi connectivity index (χ0v) is 18.9. The minimum atomic E-state index is -0.589. The minimum Gasteiger partial charge on any atom is -0.497 e. The largest absolute Gasteiger partial charge is 0.497 e. The first-order valence-corrected chi connectivity index (χ1v) is 10.3. The molecule has 0 unspecified atom stereocenters. The summed E-state index contributed by atoms with van der Waals surface area (Å²) < 4.78 is 20.6. The molecule has 0 amide bonds. The van der Waals surface area contributed by atoms with E-state index < -0.39 is 5.60 Å². The fraction of sp³-hybridized carbons (Fsp3) is 0.250. The van der Waals surface area contributed by atoms with Crippen molar-refractivity contribution >= 4 is 17.8 Å². The maximum absolute atomic E-state index is 13.7. The standard InChI is InChI=1S/C24H24N2O4S/c1-15-14-24(2,3)30-22-20(15)21(27)25(16-8-6-10-18(12-16)28-4)23(31)26(22)17-9-7-11-19(13-17)29-5/h6-14H,1-5H3. The molecule has 31 heavy (non-hydrogen) atoms. The van der Waals surface area contributed by atoms with Crippen LogP contribution in [0.25, 0.3) is 16.9 Å². The van der Waals surface area contributed by atoms with Crippen molar-refractivity contribution in [3.05, 3.63) is 75.3 Å². The lowest BCUT2D eigenvalue weighted by molar-refractivity contribution is 0.144. The molecular formula is C24H24N2O4S. The van der Waals surface area contributed by atoms with E-state index in [1.54, 1.807) is 24.9 Å². The van der Waals surface area contributed by atoms with Gasteiger partial charge in [0.2, 0.25) is 5.88 Å². The van der Waals surface area contributed by atoms with Crippen molar-refractivity contribution in [1.29, 1.82) is 0 Å². The summed E-state index contributed by atoms with van der Waals surface area (Å²) in [4.78, 5) is 13.7. The van der Waals surface area contributed by atoms with E-state index in [9.17, 15) is 4.79 Å². The highest BCUT2D eigenvalue weighted by Gasteiger charge is 2.31. The van der Waals surface area contributed by atoms with Crippen molar-refractivity contribution in [3.63, 3.8) is 0 Å². The molecule has 0 aliphatic carbocycles. The van der Waals surface area contributed by atoms with E-state index >= 15 is 0 Å². The minimum absolute atomic E-state index is 0.239. The highest BCUT2D eigenvalue weighted by Crippen LogP contribution is 2.36. The van der Waals surface area contributed by atoms with E-state index in [0.717, 1.165) is 11.3 Å². The molecule has 3 aromatic rings. The van der Waals surface area contributed by atoms with Crippen molar-refractivity contribution in [1.82, 2.24) is 9.13 Å². The second kappa shape index (κ2) is 7.74. The summed E-state index contributed by atoms with van der Waals surface area (Å²) >= 11 is 5.85. The van der Waals surface area contributed by atoms with Crippen LogP contribution < -0.4 is 19.8 Å². The Balaban J connectivity index is 2.13. The van der Waals surface area contributed by atoms with Crippen LogP contribution in [0.5, 0.6) is 17.4 Å². The Labute approximate surface area is 185 Å². The molecule has 7 heteroatoms. The number of rotatable bonds is 4. The molecule has 0 N–H and O–H groups in total. The van der Waals surface area contributed by atoms with E-state index in [4.69, 9.17) is 26.4 Å². The van der Waals surface area contributed by atoms with Gasteiger partial charge in [0.15, 0.2) is 4.77 Å². The molecule has 0 bridgehead atoms.